The Kier molecular flexibility index (Phi) is 6.16. The van der Waals surface area contributed by atoms with Gasteiger partial charge in [0.05, 0.1) is 24.7 Å². The Bertz CT molecular complexity index is 789. The number of nitrogens with zero attached hydrogens (tertiary/aromatic N) is 3. The summed E-state index contributed by atoms with van der Waals surface area (Å²) in [7, 11) is 0. The summed E-state index contributed by atoms with van der Waals surface area (Å²) in [6, 6.07) is 7.88. The number of nitriles is 1. The van der Waals surface area contributed by atoms with Gasteiger partial charge in [-0.25, -0.2) is 0 Å². The zero-order valence-electron chi connectivity index (χ0n) is 14.2. The van der Waals surface area contributed by atoms with E-state index in [2.05, 4.69) is 32.4 Å². The fourth-order valence-electron chi connectivity index (χ4n) is 2.65. The van der Waals surface area contributed by atoms with E-state index in [1.807, 2.05) is 43.7 Å². The number of hydrogen-bond donors (Lipinski definition) is 1. The first-order valence-electron chi connectivity index (χ1n) is 7.88. The molecule has 5 nitrogen and oxygen atoms in total. The van der Waals surface area contributed by atoms with Crippen LogP contribution in [-0.2, 0) is 17.8 Å². The van der Waals surface area contributed by atoms with Gasteiger partial charge in [0.25, 0.3) is 0 Å². The van der Waals surface area contributed by atoms with E-state index in [1.165, 1.54) is 0 Å². The summed E-state index contributed by atoms with van der Waals surface area (Å²) in [5.74, 6) is -0.0136. The molecule has 1 amide bonds. The van der Waals surface area contributed by atoms with Crippen LogP contribution in [0.4, 0.5) is 5.69 Å². The monoisotopic (exact) mass is 388 g/mol. The van der Waals surface area contributed by atoms with Gasteiger partial charge in [-0.2, -0.15) is 10.4 Å². The standard InChI is InChI=1S/C18H21BrN4O/c1-12-11-15(5-7-17(12)19)21-18(24)8-6-16-13(2)22-23(14(16)3)10-4-9-20/h5,7,11H,4,6,8,10H2,1-3H3,(H,21,24). The van der Waals surface area contributed by atoms with Gasteiger partial charge in [0, 0.05) is 22.3 Å². The minimum absolute atomic E-state index is 0.0136. The van der Waals surface area contributed by atoms with Gasteiger partial charge in [0.2, 0.25) is 5.91 Å². The van der Waals surface area contributed by atoms with E-state index < -0.39 is 0 Å². The average Bonchev–Trinajstić information content (AvgIpc) is 2.81. The van der Waals surface area contributed by atoms with E-state index in [1.54, 1.807) is 0 Å². The Hall–Kier alpha value is -2.13. The SMILES string of the molecule is Cc1cc(NC(=O)CCc2c(C)nn(CCC#N)c2C)ccc1Br. The molecule has 0 bridgehead atoms. The second-order valence-corrected chi connectivity index (χ2v) is 6.65. The molecule has 24 heavy (non-hydrogen) atoms. The van der Waals surface area contributed by atoms with Crippen molar-refractivity contribution >= 4 is 27.5 Å². The zero-order valence-corrected chi connectivity index (χ0v) is 15.8. The number of amides is 1. The predicted molar refractivity (Wildman–Crippen MR) is 97.8 cm³/mol. The molecule has 1 aromatic heterocycles. The summed E-state index contributed by atoms with van der Waals surface area (Å²) in [4.78, 5) is 12.2. The smallest absolute Gasteiger partial charge is 0.224 e. The molecular formula is C18H21BrN4O. The van der Waals surface area contributed by atoms with Gasteiger partial charge in [-0.1, -0.05) is 15.9 Å². The molecular weight excluding hydrogens is 368 g/mol. The highest BCUT2D eigenvalue weighted by Gasteiger charge is 2.13. The predicted octanol–water partition coefficient (Wildman–Crippen LogP) is 4.06. The van der Waals surface area contributed by atoms with Crippen LogP contribution in [0.1, 0.15) is 35.4 Å². The molecule has 0 unspecified atom stereocenters. The molecule has 0 aliphatic rings. The van der Waals surface area contributed by atoms with E-state index in [-0.39, 0.29) is 5.91 Å². The number of carbonyl (C=O) groups excluding carboxylic acids is 1. The van der Waals surface area contributed by atoms with E-state index in [9.17, 15) is 4.79 Å². The van der Waals surface area contributed by atoms with Crippen molar-refractivity contribution in [3.05, 3.63) is 45.2 Å². The molecule has 0 atom stereocenters. The molecule has 1 aromatic carbocycles. The average molecular weight is 389 g/mol. The number of rotatable bonds is 6. The number of anilines is 1. The number of aryl methyl sites for hydroxylation is 3. The Morgan fingerprint density at radius 1 is 1.38 bits per heavy atom. The Morgan fingerprint density at radius 3 is 2.79 bits per heavy atom. The molecule has 0 spiro atoms. The lowest BCUT2D eigenvalue weighted by molar-refractivity contribution is -0.116. The maximum absolute atomic E-state index is 12.2. The van der Waals surface area contributed by atoms with Crippen LogP contribution in [-0.4, -0.2) is 15.7 Å². The molecule has 2 rings (SSSR count). The lowest BCUT2D eigenvalue weighted by atomic mass is 10.1. The number of aromatic nitrogens is 2. The third-order valence-electron chi connectivity index (χ3n) is 4.01. The second-order valence-electron chi connectivity index (χ2n) is 5.79. The molecule has 0 saturated heterocycles. The summed E-state index contributed by atoms with van der Waals surface area (Å²) < 4.78 is 2.88. The number of carbonyl (C=O) groups is 1. The summed E-state index contributed by atoms with van der Waals surface area (Å²) in [5, 5.41) is 16.1. The van der Waals surface area contributed by atoms with Crippen LogP contribution in [0.25, 0.3) is 0 Å². The molecule has 0 saturated carbocycles. The lowest BCUT2D eigenvalue weighted by Crippen LogP contribution is -2.13. The van der Waals surface area contributed by atoms with Gasteiger partial charge in [-0.15, -0.1) is 0 Å². The molecule has 126 valence electrons. The van der Waals surface area contributed by atoms with Gasteiger partial charge in [0.1, 0.15) is 0 Å². The normalized spacial score (nSPS) is 10.5. The summed E-state index contributed by atoms with van der Waals surface area (Å²) in [6.07, 6.45) is 1.48. The lowest BCUT2D eigenvalue weighted by Gasteiger charge is -2.08. The van der Waals surface area contributed by atoms with Gasteiger partial charge in [0.15, 0.2) is 0 Å². The molecule has 0 radical (unpaired) electrons. The fraction of sp³-hybridized carbons (Fsp3) is 0.389. The number of halogens is 1. The quantitative estimate of drug-likeness (QED) is 0.810. The van der Waals surface area contributed by atoms with Crippen molar-refractivity contribution < 1.29 is 4.79 Å². The van der Waals surface area contributed by atoms with Crippen molar-refractivity contribution in [2.45, 2.75) is 46.6 Å². The minimum Gasteiger partial charge on any atom is -0.326 e. The zero-order chi connectivity index (χ0) is 17.7. The van der Waals surface area contributed by atoms with Crippen molar-refractivity contribution in [2.75, 3.05) is 5.32 Å². The third-order valence-corrected chi connectivity index (χ3v) is 4.90. The molecule has 1 N–H and O–H groups in total. The van der Waals surface area contributed by atoms with Crippen molar-refractivity contribution in [1.29, 1.82) is 5.26 Å². The van der Waals surface area contributed by atoms with Crippen LogP contribution in [0.5, 0.6) is 0 Å². The van der Waals surface area contributed by atoms with Crippen molar-refractivity contribution in [1.82, 2.24) is 9.78 Å². The van der Waals surface area contributed by atoms with Gasteiger partial charge < -0.3 is 5.32 Å². The topological polar surface area (TPSA) is 70.7 Å². The number of benzene rings is 1. The van der Waals surface area contributed by atoms with E-state index >= 15 is 0 Å². The summed E-state index contributed by atoms with van der Waals surface area (Å²) in [6.45, 7) is 6.51. The Labute approximate surface area is 150 Å². The van der Waals surface area contributed by atoms with Crippen LogP contribution < -0.4 is 5.32 Å². The highest BCUT2D eigenvalue weighted by Crippen LogP contribution is 2.21. The first-order chi connectivity index (χ1) is 11.4. The highest BCUT2D eigenvalue weighted by atomic mass is 79.9. The molecule has 0 aliphatic carbocycles. The van der Waals surface area contributed by atoms with Crippen LogP contribution in [0, 0.1) is 32.1 Å². The van der Waals surface area contributed by atoms with Crippen molar-refractivity contribution in [3.63, 3.8) is 0 Å². The third kappa shape index (κ3) is 4.45. The largest absolute Gasteiger partial charge is 0.326 e. The molecule has 0 fully saturated rings. The van der Waals surface area contributed by atoms with Gasteiger partial charge >= 0.3 is 0 Å². The Balaban J connectivity index is 1.97. The van der Waals surface area contributed by atoms with Gasteiger partial charge in [-0.3, -0.25) is 9.48 Å². The molecule has 6 heteroatoms. The Morgan fingerprint density at radius 2 is 2.12 bits per heavy atom. The maximum atomic E-state index is 12.2. The first kappa shape index (κ1) is 18.2. The van der Waals surface area contributed by atoms with Crippen LogP contribution in [0.3, 0.4) is 0 Å². The van der Waals surface area contributed by atoms with Crippen molar-refractivity contribution in [2.24, 2.45) is 0 Å². The first-order valence-corrected chi connectivity index (χ1v) is 8.67. The number of nitrogens with one attached hydrogen (secondary N) is 1. The maximum Gasteiger partial charge on any atom is 0.224 e. The summed E-state index contributed by atoms with van der Waals surface area (Å²) in [5.41, 5.74) is 4.94. The second kappa shape index (κ2) is 8.11. The molecule has 2 aromatic rings. The van der Waals surface area contributed by atoms with E-state index in [0.29, 0.717) is 25.8 Å². The molecule has 1 heterocycles. The van der Waals surface area contributed by atoms with E-state index in [0.717, 1.165) is 32.7 Å². The van der Waals surface area contributed by atoms with Gasteiger partial charge in [-0.05, 0) is 56.5 Å². The number of hydrogen-bond acceptors (Lipinski definition) is 3. The van der Waals surface area contributed by atoms with Crippen LogP contribution >= 0.6 is 15.9 Å². The highest BCUT2D eigenvalue weighted by molar-refractivity contribution is 9.10. The van der Waals surface area contributed by atoms with E-state index in [4.69, 9.17) is 5.26 Å². The minimum atomic E-state index is -0.0136. The van der Waals surface area contributed by atoms with Crippen LogP contribution in [0.2, 0.25) is 0 Å². The van der Waals surface area contributed by atoms with Crippen LogP contribution in [0.15, 0.2) is 22.7 Å². The summed E-state index contributed by atoms with van der Waals surface area (Å²) >= 11 is 3.45. The molecule has 0 aliphatic heterocycles. The fourth-order valence-corrected chi connectivity index (χ4v) is 2.90. The van der Waals surface area contributed by atoms with Crippen molar-refractivity contribution in [3.8, 4) is 6.07 Å².